The molecule has 108 valence electrons. The van der Waals surface area contributed by atoms with Crippen molar-refractivity contribution in [2.45, 2.75) is 5.75 Å². The van der Waals surface area contributed by atoms with Gasteiger partial charge in [-0.15, -0.1) is 0 Å². The fourth-order valence-electron chi connectivity index (χ4n) is 1.60. The maximum Gasteiger partial charge on any atom is 0.276 e. The fourth-order valence-corrected chi connectivity index (χ4v) is 2.66. The molecular weight excluding hydrogens is 313 g/mol. The molecule has 1 aromatic carbocycles. The minimum absolute atomic E-state index is 0.0394. The van der Waals surface area contributed by atoms with Gasteiger partial charge in [0.05, 0.1) is 10.5 Å². The van der Waals surface area contributed by atoms with Crippen molar-refractivity contribution in [3.05, 3.63) is 69.8 Å². The third kappa shape index (κ3) is 3.96. The first-order valence-electron chi connectivity index (χ1n) is 5.83. The first-order valence-corrected chi connectivity index (χ1v) is 7.23. The van der Waals surface area contributed by atoms with Crippen LogP contribution >= 0.6 is 24.2 Å². The number of nitro benzene ring substituents is 1. The van der Waals surface area contributed by atoms with Crippen LogP contribution in [0.5, 0.6) is 0 Å². The Morgan fingerprint density at radius 1 is 1.38 bits per heavy atom. The van der Waals surface area contributed by atoms with Crippen LogP contribution in [-0.4, -0.2) is 14.9 Å². The molecule has 0 unspecified atom stereocenters. The quantitative estimate of drug-likeness (QED) is 0.394. The molecule has 0 spiro atoms. The van der Waals surface area contributed by atoms with Gasteiger partial charge in [-0.3, -0.25) is 15.1 Å². The summed E-state index contributed by atoms with van der Waals surface area (Å²) in [5, 5.41) is 10.9. The Morgan fingerprint density at radius 2 is 2.10 bits per heavy atom. The van der Waals surface area contributed by atoms with Gasteiger partial charge in [-0.2, -0.15) is 0 Å². The highest BCUT2D eigenvalue weighted by atomic mass is 32.2. The van der Waals surface area contributed by atoms with Crippen LogP contribution in [0.1, 0.15) is 11.1 Å². The largest absolute Gasteiger partial charge is 0.320 e. The van der Waals surface area contributed by atoms with Crippen LogP contribution in [0, 0.1) is 15.9 Å². The highest BCUT2D eigenvalue weighted by Crippen LogP contribution is 2.25. The predicted molar refractivity (Wildman–Crippen MR) is 83.4 cm³/mol. The highest BCUT2D eigenvalue weighted by Gasteiger charge is 2.17. The second-order valence-electron chi connectivity index (χ2n) is 3.95. The predicted octanol–water partition coefficient (Wildman–Crippen LogP) is 3.24. The van der Waals surface area contributed by atoms with E-state index in [4.69, 9.17) is 12.2 Å². The van der Waals surface area contributed by atoms with Gasteiger partial charge in [-0.05, 0) is 30.1 Å². The number of nitrogens with zero attached hydrogens (tertiary/aromatic N) is 2. The van der Waals surface area contributed by atoms with Crippen molar-refractivity contribution in [3.63, 3.8) is 0 Å². The number of nitrogens with one attached hydrogen (secondary N) is 1. The number of thiocarbonyl (C=S) groups is 1. The van der Waals surface area contributed by atoms with Crippen LogP contribution in [0.25, 0.3) is 0 Å². The van der Waals surface area contributed by atoms with Gasteiger partial charge in [0.2, 0.25) is 0 Å². The summed E-state index contributed by atoms with van der Waals surface area (Å²) in [6.07, 6.45) is 3.21. The molecule has 1 N–H and O–H groups in total. The zero-order chi connectivity index (χ0) is 15.2. The summed E-state index contributed by atoms with van der Waals surface area (Å²) in [4.78, 5) is 14.6. The van der Waals surface area contributed by atoms with Crippen LogP contribution in [0.15, 0.2) is 42.7 Å². The Kier molecular flexibility index (Phi) is 5.18. The summed E-state index contributed by atoms with van der Waals surface area (Å²) in [6, 6.07) is 7.27. The van der Waals surface area contributed by atoms with Crippen LogP contribution in [0.4, 0.5) is 10.1 Å². The van der Waals surface area contributed by atoms with Crippen molar-refractivity contribution in [1.29, 1.82) is 0 Å². The number of nitro groups is 1. The molecule has 0 amide bonds. The molecule has 0 bridgehead atoms. The molecule has 0 atom stereocenters. The third-order valence-electron chi connectivity index (χ3n) is 2.61. The first-order chi connectivity index (χ1) is 10.1. The number of hydrogen-bond acceptors (Lipinski definition) is 5. The van der Waals surface area contributed by atoms with Crippen molar-refractivity contribution in [2.75, 3.05) is 0 Å². The molecule has 21 heavy (non-hydrogen) atoms. The van der Waals surface area contributed by atoms with Crippen LogP contribution < -0.4 is 4.72 Å². The minimum Gasteiger partial charge on any atom is -0.320 e. The number of aromatic nitrogens is 1. The SMILES string of the molecule is O=[N+]([O-])c1cccc(F)c1CSNC(=S)c1ccncc1. The van der Waals surface area contributed by atoms with Crippen LogP contribution in [-0.2, 0) is 5.75 Å². The molecule has 0 aliphatic carbocycles. The Morgan fingerprint density at radius 3 is 2.76 bits per heavy atom. The summed E-state index contributed by atoms with van der Waals surface area (Å²) >= 11 is 6.26. The topological polar surface area (TPSA) is 68.1 Å². The molecule has 0 saturated heterocycles. The lowest BCUT2D eigenvalue weighted by atomic mass is 10.2. The van der Waals surface area contributed by atoms with Gasteiger partial charge in [-0.25, -0.2) is 4.39 Å². The Bertz CT molecular complexity index is 668. The maximum atomic E-state index is 13.7. The first kappa shape index (κ1) is 15.3. The Labute approximate surface area is 129 Å². The summed E-state index contributed by atoms with van der Waals surface area (Å²) in [5.41, 5.74) is 0.576. The second-order valence-corrected chi connectivity index (χ2v) is 5.14. The molecule has 2 aromatic rings. The van der Waals surface area contributed by atoms with Crippen LogP contribution in [0.2, 0.25) is 0 Å². The molecule has 0 radical (unpaired) electrons. The molecule has 2 rings (SSSR count). The van der Waals surface area contributed by atoms with E-state index in [9.17, 15) is 14.5 Å². The Balaban J connectivity index is 2.01. The molecule has 1 aromatic heterocycles. The molecule has 0 aliphatic heterocycles. The summed E-state index contributed by atoms with van der Waals surface area (Å²) < 4.78 is 16.5. The van der Waals surface area contributed by atoms with Crippen molar-refractivity contribution in [3.8, 4) is 0 Å². The zero-order valence-corrected chi connectivity index (χ0v) is 12.3. The van der Waals surface area contributed by atoms with E-state index in [0.29, 0.717) is 4.99 Å². The number of rotatable bonds is 5. The minimum atomic E-state index is -0.603. The van der Waals surface area contributed by atoms with E-state index in [1.807, 2.05) is 0 Å². The average Bonchev–Trinajstić information content (AvgIpc) is 2.49. The second kappa shape index (κ2) is 7.09. The van der Waals surface area contributed by atoms with Gasteiger partial charge < -0.3 is 4.72 Å². The van der Waals surface area contributed by atoms with Gasteiger partial charge >= 0.3 is 0 Å². The lowest BCUT2D eigenvalue weighted by Crippen LogP contribution is -2.15. The molecule has 0 aliphatic rings. The number of benzene rings is 1. The number of halogens is 1. The lowest BCUT2D eigenvalue weighted by Gasteiger charge is -2.08. The van der Waals surface area contributed by atoms with E-state index in [1.165, 1.54) is 18.2 Å². The van der Waals surface area contributed by atoms with E-state index in [1.54, 1.807) is 24.5 Å². The van der Waals surface area contributed by atoms with E-state index < -0.39 is 10.7 Å². The number of pyridine rings is 1. The van der Waals surface area contributed by atoms with Gasteiger partial charge in [-0.1, -0.05) is 18.3 Å². The van der Waals surface area contributed by atoms with Gasteiger partial charge in [0.1, 0.15) is 10.8 Å². The molecule has 8 heteroatoms. The summed E-state index contributed by atoms with van der Waals surface area (Å²) in [7, 11) is 0. The van der Waals surface area contributed by atoms with Crippen molar-refractivity contribution in [1.82, 2.24) is 9.71 Å². The lowest BCUT2D eigenvalue weighted by molar-refractivity contribution is -0.385. The monoisotopic (exact) mass is 323 g/mol. The highest BCUT2D eigenvalue weighted by molar-refractivity contribution is 7.98. The van der Waals surface area contributed by atoms with E-state index in [2.05, 4.69) is 9.71 Å². The standard InChI is InChI=1S/C13H10FN3O2S2/c14-11-2-1-3-12(17(18)19)10(11)8-21-16-13(20)9-4-6-15-7-5-9/h1-7H,8H2,(H,16,20). The van der Waals surface area contributed by atoms with Crippen molar-refractivity contribution >= 4 is 34.8 Å². The van der Waals surface area contributed by atoms with E-state index >= 15 is 0 Å². The fraction of sp³-hybridized carbons (Fsp3) is 0.0769. The van der Waals surface area contributed by atoms with Crippen LogP contribution in [0.3, 0.4) is 0 Å². The molecule has 1 heterocycles. The van der Waals surface area contributed by atoms with Crippen molar-refractivity contribution < 1.29 is 9.31 Å². The third-order valence-corrected chi connectivity index (χ3v) is 3.86. The summed E-state index contributed by atoms with van der Waals surface area (Å²) in [6.45, 7) is 0. The number of hydrogen-bond donors (Lipinski definition) is 1. The normalized spacial score (nSPS) is 10.1. The Hall–Kier alpha value is -2.06. The van der Waals surface area contributed by atoms with Gasteiger partial charge in [0, 0.05) is 29.8 Å². The molecule has 0 saturated carbocycles. The smallest absolute Gasteiger partial charge is 0.276 e. The zero-order valence-electron chi connectivity index (χ0n) is 10.7. The maximum absolute atomic E-state index is 13.7. The average molecular weight is 323 g/mol. The van der Waals surface area contributed by atoms with Gasteiger partial charge in [0.15, 0.2) is 0 Å². The molecule has 5 nitrogen and oxygen atoms in total. The summed E-state index contributed by atoms with van der Waals surface area (Å²) in [5.74, 6) is -0.512. The van der Waals surface area contributed by atoms with E-state index in [-0.39, 0.29) is 17.0 Å². The molecule has 0 fully saturated rings. The molecular formula is C13H10FN3O2S2. The van der Waals surface area contributed by atoms with Gasteiger partial charge in [0.25, 0.3) is 5.69 Å². The van der Waals surface area contributed by atoms with Crippen molar-refractivity contribution in [2.24, 2.45) is 0 Å². The van der Waals surface area contributed by atoms with E-state index in [0.717, 1.165) is 17.5 Å².